The van der Waals surface area contributed by atoms with Gasteiger partial charge in [-0.05, 0) is 30.0 Å². The molecule has 0 fully saturated rings. The lowest BCUT2D eigenvalue weighted by Gasteiger charge is -2.27. The van der Waals surface area contributed by atoms with Gasteiger partial charge in [0.05, 0.1) is 5.56 Å². The van der Waals surface area contributed by atoms with Crippen molar-refractivity contribution in [3.63, 3.8) is 0 Å². The van der Waals surface area contributed by atoms with Gasteiger partial charge < -0.3 is 9.88 Å². The fraction of sp³-hybridized carbons (Fsp3) is 0.267. The van der Waals surface area contributed by atoms with Crippen LogP contribution in [0.5, 0.6) is 0 Å². The smallest absolute Gasteiger partial charge is 0.279 e. The Balaban J connectivity index is 2.28. The molecule has 0 saturated carbocycles. The first-order chi connectivity index (χ1) is 10.9. The second-order valence-electron chi connectivity index (χ2n) is 5.20. The number of aromatic nitrogens is 2. The number of rotatable bonds is 2. The van der Waals surface area contributed by atoms with E-state index in [0.29, 0.717) is 26.6 Å². The largest absolute Gasteiger partial charge is 0.312 e. The van der Waals surface area contributed by atoms with Gasteiger partial charge in [0, 0.05) is 23.9 Å². The number of amides is 1. The van der Waals surface area contributed by atoms with E-state index in [1.807, 2.05) is 0 Å². The maximum Gasteiger partial charge on any atom is 0.279 e. The van der Waals surface area contributed by atoms with Crippen LogP contribution in [0.3, 0.4) is 0 Å². The minimum atomic E-state index is -0.654. The monoisotopic (exact) mass is 397 g/mol. The van der Waals surface area contributed by atoms with Gasteiger partial charge in [0.25, 0.3) is 5.56 Å². The van der Waals surface area contributed by atoms with Gasteiger partial charge in [-0.25, -0.2) is 4.39 Å². The van der Waals surface area contributed by atoms with Crippen molar-refractivity contribution in [1.82, 2.24) is 9.55 Å². The van der Waals surface area contributed by atoms with Crippen LogP contribution in [0.2, 0.25) is 0 Å². The molecule has 0 spiro atoms. The van der Waals surface area contributed by atoms with Gasteiger partial charge >= 0.3 is 0 Å². The Morgan fingerprint density at radius 3 is 2.87 bits per heavy atom. The van der Waals surface area contributed by atoms with Crippen molar-refractivity contribution in [2.45, 2.75) is 17.5 Å². The maximum atomic E-state index is 14.3. The molecule has 8 heteroatoms. The molecule has 120 valence electrons. The number of nitrogens with zero attached hydrogens (tertiary/aromatic N) is 2. The Hall–Kier alpha value is -1.67. The minimum absolute atomic E-state index is 0.00983. The molecule has 2 aromatic rings. The van der Waals surface area contributed by atoms with Crippen LogP contribution in [0.25, 0.3) is 0 Å². The zero-order valence-corrected chi connectivity index (χ0v) is 14.8. The number of carbonyl (C=O) groups is 1. The number of hydrogen-bond donors (Lipinski definition) is 1. The summed E-state index contributed by atoms with van der Waals surface area (Å²) in [6.07, 6.45) is 1.81. The summed E-state index contributed by atoms with van der Waals surface area (Å²) in [6.45, 7) is 0. The lowest BCUT2D eigenvalue weighted by Crippen LogP contribution is -2.33. The highest BCUT2D eigenvalue weighted by Gasteiger charge is 2.33. The van der Waals surface area contributed by atoms with Crippen molar-refractivity contribution in [1.29, 1.82) is 0 Å². The van der Waals surface area contributed by atoms with E-state index >= 15 is 0 Å². The molecule has 3 rings (SSSR count). The number of halogens is 2. The molecular weight excluding hydrogens is 385 g/mol. The topological polar surface area (TPSA) is 64.0 Å². The summed E-state index contributed by atoms with van der Waals surface area (Å²) >= 11 is 4.61. The predicted octanol–water partition coefficient (Wildman–Crippen LogP) is 2.88. The molecule has 5 nitrogen and oxygen atoms in total. The van der Waals surface area contributed by atoms with Gasteiger partial charge in [-0.1, -0.05) is 27.7 Å². The predicted molar refractivity (Wildman–Crippen MR) is 90.4 cm³/mol. The number of hydrogen-bond acceptors (Lipinski definition) is 4. The van der Waals surface area contributed by atoms with Crippen molar-refractivity contribution in [3.05, 3.63) is 50.0 Å². The molecular formula is C15H13BrFN3O2S. The zero-order valence-electron chi connectivity index (χ0n) is 12.4. The molecule has 0 radical (unpaired) electrons. The summed E-state index contributed by atoms with van der Waals surface area (Å²) in [5.41, 5.74) is 0.194. The average molecular weight is 398 g/mol. The first kappa shape index (κ1) is 16.2. The Morgan fingerprint density at radius 2 is 2.17 bits per heavy atom. The molecule has 1 N–H and O–H groups in total. The molecule has 0 aliphatic carbocycles. The van der Waals surface area contributed by atoms with Crippen LogP contribution in [-0.2, 0) is 11.8 Å². The SMILES string of the molecule is CSc1nc(=O)c2c(n1C)NC(=O)C[C@H]2c1cc(Br)ccc1F. The van der Waals surface area contributed by atoms with E-state index in [1.165, 1.54) is 17.8 Å². The average Bonchev–Trinajstić information content (AvgIpc) is 2.52. The number of benzene rings is 1. The van der Waals surface area contributed by atoms with Crippen LogP contribution in [0.15, 0.2) is 32.6 Å². The van der Waals surface area contributed by atoms with Crippen molar-refractivity contribution in [3.8, 4) is 0 Å². The van der Waals surface area contributed by atoms with E-state index in [0.717, 1.165) is 0 Å². The van der Waals surface area contributed by atoms with Crippen LogP contribution in [-0.4, -0.2) is 21.7 Å². The Labute approximate surface area is 144 Å². The van der Waals surface area contributed by atoms with Crippen LogP contribution in [0.4, 0.5) is 10.2 Å². The summed E-state index contributed by atoms with van der Waals surface area (Å²) in [4.78, 5) is 28.6. The van der Waals surface area contributed by atoms with Gasteiger partial charge in [-0.3, -0.25) is 9.59 Å². The Kier molecular flexibility index (Phi) is 4.29. The van der Waals surface area contributed by atoms with E-state index < -0.39 is 17.3 Å². The minimum Gasteiger partial charge on any atom is -0.312 e. The molecule has 1 atom stereocenters. The molecule has 23 heavy (non-hydrogen) atoms. The quantitative estimate of drug-likeness (QED) is 0.624. The van der Waals surface area contributed by atoms with Crippen molar-refractivity contribution in [2.24, 2.45) is 7.05 Å². The normalized spacial score (nSPS) is 16.9. The Morgan fingerprint density at radius 1 is 1.43 bits per heavy atom. The molecule has 1 aliphatic rings. The van der Waals surface area contributed by atoms with Gasteiger partial charge in [-0.2, -0.15) is 4.98 Å². The molecule has 0 unspecified atom stereocenters. The molecule has 2 heterocycles. The van der Waals surface area contributed by atoms with E-state index in [-0.39, 0.29) is 12.3 Å². The molecule has 1 aromatic heterocycles. The van der Waals surface area contributed by atoms with E-state index in [1.54, 1.807) is 30.0 Å². The molecule has 0 saturated heterocycles. The fourth-order valence-corrected chi connectivity index (χ4v) is 3.68. The van der Waals surface area contributed by atoms with Crippen molar-refractivity contribution < 1.29 is 9.18 Å². The number of thioether (sulfide) groups is 1. The third-order valence-electron chi connectivity index (χ3n) is 3.82. The highest BCUT2D eigenvalue weighted by Crippen LogP contribution is 2.37. The molecule has 1 aliphatic heterocycles. The van der Waals surface area contributed by atoms with Crippen molar-refractivity contribution in [2.75, 3.05) is 11.6 Å². The summed E-state index contributed by atoms with van der Waals surface area (Å²) in [7, 11) is 1.72. The van der Waals surface area contributed by atoms with E-state index in [4.69, 9.17) is 0 Å². The Bertz CT molecular complexity index is 869. The lowest BCUT2D eigenvalue weighted by atomic mass is 9.86. The van der Waals surface area contributed by atoms with Crippen molar-refractivity contribution >= 4 is 39.4 Å². The van der Waals surface area contributed by atoms with Crippen LogP contribution in [0.1, 0.15) is 23.5 Å². The zero-order chi connectivity index (χ0) is 16.7. The standard InChI is InChI=1S/C15H13BrFN3O2S/c1-20-13-12(14(22)19-15(20)23-2)9(6-11(21)18-13)8-5-7(16)3-4-10(8)17/h3-5,9H,6H2,1-2H3,(H,18,21)/t9-/m0/s1. The van der Waals surface area contributed by atoms with Crippen LogP contribution in [0, 0.1) is 5.82 Å². The number of carbonyl (C=O) groups excluding carboxylic acids is 1. The van der Waals surface area contributed by atoms with Gasteiger partial charge in [0.2, 0.25) is 5.91 Å². The van der Waals surface area contributed by atoms with E-state index in [2.05, 4.69) is 26.2 Å². The van der Waals surface area contributed by atoms with Gasteiger partial charge in [0.1, 0.15) is 11.6 Å². The fourth-order valence-electron chi connectivity index (χ4n) is 2.77. The third kappa shape index (κ3) is 2.81. The summed E-state index contributed by atoms with van der Waals surface area (Å²) < 4.78 is 16.6. The summed E-state index contributed by atoms with van der Waals surface area (Å²) in [5.74, 6) is -0.974. The van der Waals surface area contributed by atoms with Gasteiger partial charge in [-0.15, -0.1) is 0 Å². The van der Waals surface area contributed by atoms with Crippen LogP contribution < -0.4 is 10.9 Å². The molecule has 0 bridgehead atoms. The first-order valence-electron chi connectivity index (χ1n) is 6.82. The first-order valence-corrected chi connectivity index (χ1v) is 8.84. The number of fused-ring (bicyclic) bond motifs is 1. The molecule has 1 aromatic carbocycles. The summed E-state index contributed by atoms with van der Waals surface area (Å²) in [5, 5.41) is 3.20. The number of anilines is 1. The molecule has 1 amide bonds. The third-order valence-corrected chi connectivity index (χ3v) is 5.04. The summed E-state index contributed by atoms with van der Waals surface area (Å²) in [6, 6.07) is 4.50. The maximum absolute atomic E-state index is 14.3. The lowest BCUT2D eigenvalue weighted by molar-refractivity contribution is -0.116. The highest BCUT2D eigenvalue weighted by molar-refractivity contribution is 9.10. The number of nitrogens with one attached hydrogen (secondary N) is 1. The second-order valence-corrected chi connectivity index (χ2v) is 6.88. The second kappa shape index (κ2) is 6.09. The van der Waals surface area contributed by atoms with Gasteiger partial charge in [0.15, 0.2) is 5.16 Å². The highest BCUT2D eigenvalue weighted by atomic mass is 79.9. The van der Waals surface area contributed by atoms with E-state index in [9.17, 15) is 14.0 Å². The van der Waals surface area contributed by atoms with Crippen LogP contribution >= 0.6 is 27.7 Å².